The van der Waals surface area contributed by atoms with Gasteiger partial charge in [-0.25, -0.2) is 15.0 Å². The zero-order valence-electron chi connectivity index (χ0n) is 15.1. The number of nitriles is 1. The highest BCUT2D eigenvalue weighted by molar-refractivity contribution is 6.30. The van der Waals surface area contributed by atoms with E-state index in [4.69, 9.17) is 16.9 Å². The Labute approximate surface area is 162 Å². The van der Waals surface area contributed by atoms with E-state index in [0.29, 0.717) is 5.02 Å². The van der Waals surface area contributed by atoms with E-state index in [2.05, 4.69) is 24.8 Å². The molecule has 138 valence electrons. The van der Waals surface area contributed by atoms with E-state index in [1.54, 1.807) is 6.20 Å². The lowest BCUT2D eigenvalue weighted by Crippen LogP contribution is -2.31. The summed E-state index contributed by atoms with van der Waals surface area (Å²) < 4.78 is 1.97. The van der Waals surface area contributed by atoms with Crippen LogP contribution in [-0.4, -0.2) is 50.4 Å². The van der Waals surface area contributed by atoms with Gasteiger partial charge in [0.25, 0.3) is 0 Å². The fraction of sp³-hybridized carbons (Fsp3) is 0.368. The minimum absolute atomic E-state index is 0.222. The van der Waals surface area contributed by atoms with Gasteiger partial charge in [0.15, 0.2) is 0 Å². The lowest BCUT2D eigenvalue weighted by atomic mass is 10.3. The van der Waals surface area contributed by atoms with E-state index in [-0.39, 0.29) is 5.82 Å². The highest BCUT2D eigenvalue weighted by atomic mass is 35.5. The highest BCUT2D eigenvalue weighted by Gasteiger charge is 2.19. The van der Waals surface area contributed by atoms with Gasteiger partial charge in [-0.1, -0.05) is 11.6 Å². The fourth-order valence-electron chi connectivity index (χ4n) is 3.47. The zero-order chi connectivity index (χ0) is 18.8. The van der Waals surface area contributed by atoms with Crippen molar-refractivity contribution in [3.05, 3.63) is 52.8 Å². The van der Waals surface area contributed by atoms with Gasteiger partial charge >= 0.3 is 0 Å². The number of aromatic nitrogens is 4. The van der Waals surface area contributed by atoms with Gasteiger partial charge < -0.3 is 9.30 Å². The average molecular weight is 382 g/mol. The molecule has 0 saturated carbocycles. The molecule has 3 aromatic heterocycles. The van der Waals surface area contributed by atoms with Crippen LogP contribution in [0.4, 0.5) is 5.82 Å². The summed E-state index contributed by atoms with van der Waals surface area (Å²) in [5.74, 6) is 1.09. The second kappa shape index (κ2) is 7.51. The Morgan fingerprint density at radius 3 is 2.89 bits per heavy atom. The van der Waals surface area contributed by atoms with Gasteiger partial charge in [0.1, 0.15) is 17.5 Å². The van der Waals surface area contributed by atoms with Crippen LogP contribution in [0.3, 0.4) is 0 Å². The summed E-state index contributed by atoms with van der Waals surface area (Å²) in [6.45, 7) is 6.49. The molecule has 0 spiro atoms. The molecule has 0 radical (unpaired) electrons. The fourth-order valence-corrected chi connectivity index (χ4v) is 3.64. The van der Waals surface area contributed by atoms with Gasteiger partial charge in [-0.2, -0.15) is 5.26 Å². The Morgan fingerprint density at radius 1 is 1.15 bits per heavy atom. The first-order chi connectivity index (χ1) is 13.1. The molecular weight excluding hydrogens is 362 g/mol. The Kier molecular flexibility index (Phi) is 4.92. The van der Waals surface area contributed by atoms with Crippen molar-refractivity contribution in [2.24, 2.45) is 0 Å². The first-order valence-electron chi connectivity index (χ1n) is 8.96. The van der Waals surface area contributed by atoms with Crippen molar-refractivity contribution < 1.29 is 0 Å². The van der Waals surface area contributed by atoms with Crippen LogP contribution in [0.2, 0.25) is 5.02 Å². The molecule has 1 aliphatic heterocycles. The molecule has 0 amide bonds. The number of fused-ring (bicyclic) bond motifs is 1. The molecule has 27 heavy (non-hydrogen) atoms. The van der Waals surface area contributed by atoms with Crippen LogP contribution >= 0.6 is 11.6 Å². The second-order valence-corrected chi connectivity index (χ2v) is 7.21. The quantitative estimate of drug-likeness (QED) is 0.694. The SMILES string of the molecule is Cc1cnc(C#N)nc1N1CCCN(Cc2cn3cc(Cl)ccc3n2)CC1. The van der Waals surface area contributed by atoms with Crippen molar-refractivity contribution in [2.45, 2.75) is 19.9 Å². The number of nitrogens with zero attached hydrogens (tertiary/aromatic N) is 7. The molecule has 0 N–H and O–H groups in total. The van der Waals surface area contributed by atoms with Crippen molar-refractivity contribution in [3.8, 4) is 6.07 Å². The molecule has 1 aliphatic rings. The Morgan fingerprint density at radius 2 is 2.04 bits per heavy atom. The third-order valence-electron chi connectivity index (χ3n) is 4.78. The minimum Gasteiger partial charge on any atom is -0.355 e. The van der Waals surface area contributed by atoms with E-state index < -0.39 is 0 Å². The van der Waals surface area contributed by atoms with E-state index in [0.717, 1.165) is 61.9 Å². The molecule has 3 aromatic rings. The maximum atomic E-state index is 9.07. The number of anilines is 1. The van der Waals surface area contributed by atoms with E-state index in [1.807, 2.05) is 41.9 Å². The lowest BCUT2D eigenvalue weighted by molar-refractivity contribution is 0.282. The normalized spacial score (nSPS) is 15.7. The zero-order valence-corrected chi connectivity index (χ0v) is 15.9. The van der Waals surface area contributed by atoms with Gasteiger partial charge in [-0.05, 0) is 25.5 Å². The molecule has 8 heteroatoms. The third-order valence-corrected chi connectivity index (χ3v) is 5.01. The number of aryl methyl sites for hydroxylation is 1. The first-order valence-corrected chi connectivity index (χ1v) is 9.34. The van der Waals surface area contributed by atoms with Crippen LogP contribution in [0.25, 0.3) is 5.65 Å². The largest absolute Gasteiger partial charge is 0.355 e. The van der Waals surface area contributed by atoms with Crippen molar-refractivity contribution in [1.82, 2.24) is 24.3 Å². The molecule has 0 unspecified atom stereocenters. The monoisotopic (exact) mass is 381 g/mol. The number of imidazole rings is 1. The van der Waals surface area contributed by atoms with Crippen LogP contribution in [0.5, 0.6) is 0 Å². The van der Waals surface area contributed by atoms with E-state index >= 15 is 0 Å². The maximum Gasteiger partial charge on any atom is 0.234 e. The number of halogens is 1. The summed E-state index contributed by atoms with van der Waals surface area (Å²) in [4.78, 5) is 17.8. The standard InChI is InChI=1S/C19H20ClN7/c1-14-10-22-17(9-21)24-19(14)26-6-2-5-25(7-8-26)12-16-13-27-11-15(20)3-4-18(27)23-16/h3-4,10-11,13H,2,5-8,12H2,1H3. The number of rotatable bonds is 3. The van der Waals surface area contributed by atoms with Crippen LogP contribution in [0.1, 0.15) is 23.5 Å². The van der Waals surface area contributed by atoms with Gasteiger partial charge in [-0.3, -0.25) is 4.90 Å². The molecule has 7 nitrogen and oxygen atoms in total. The topological polar surface area (TPSA) is 73.4 Å². The summed E-state index contributed by atoms with van der Waals surface area (Å²) in [5.41, 5.74) is 2.95. The predicted molar refractivity (Wildman–Crippen MR) is 104 cm³/mol. The second-order valence-electron chi connectivity index (χ2n) is 6.77. The summed E-state index contributed by atoms with van der Waals surface area (Å²) in [5, 5.41) is 9.77. The van der Waals surface area contributed by atoms with Gasteiger partial charge in [0, 0.05) is 56.9 Å². The molecule has 4 heterocycles. The average Bonchev–Trinajstić information content (AvgIpc) is 2.91. The predicted octanol–water partition coefficient (Wildman–Crippen LogP) is 2.67. The lowest BCUT2D eigenvalue weighted by Gasteiger charge is -2.23. The number of hydrogen-bond donors (Lipinski definition) is 0. The number of pyridine rings is 1. The third kappa shape index (κ3) is 3.87. The molecule has 0 aliphatic carbocycles. The summed E-state index contributed by atoms with van der Waals surface area (Å²) in [6.07, 6.45) is 6.68. The van der Waals surface area contributed by atoms with Gasteiger partial charge in [-0.15, -0.1) is 0 Å². The molecule has 0 bridgehead atoms. The summed E-state index contributed by atoms with van der Waals surface area (Å²) >= 11 is 6.05. The minimum atomic E-state index is 0.222. The van der Waals surface area contributed by atoms with Crippen molar-refractivity contribution >= 4 is 23.1 Å². The van der Waals surface area contributed by atoms with E-state index in [9.17, 15) is 0 Å². The number of hydrogen-bond acceptors (Lipinski definition) is 6. The van der Waals surface area contributed by atoms with Gasteiger partial charge in [0.2, 0.25) is 5.82 Å². The molecule has 1 fully saturated rings. The summed E-state index contributed by atoms with van der Waals surface area (Å²) in [7, 11) is 0. The van der Waals surface area contributed by atoms with Crippen molar-refractivity contribution in [1.29, 1.82) is 5.26 Å². The molecular formula is C19H20ClN7. The Bertz CT molecular complexity index is 1010. The van der Waals surface area contributed by atoms with Crippen LogP contribution in [-0.2, 0) is 6.54 Å². The summed E-state index contributed by atoms with van der Waals surface area (Å²) in [6, 6.07) is 5.82. The first kappa shape index (κ1) is 17.7. The Balaban J connectivity index is 1.46. The smallest absolute Gasteiger partial charge is 0.234 e. The van der Waals surface area contributed by atoms with Crippen molar-refractivity contribution in [3.63, 3.8) is 0 Å². The highest BCUT2D eigenvalue weighted by Crippen LogP contribution is 2.19. The Hall–Kier alpha value is -2.69. The molecule has 1 saturated heterocycles. The molecule has 0 aromatic carbocycles. The van der Waals surface area contributed by atoms with Crippen LogP contribution in [0.15, 0.2) is 30.7 Å². The molecule has 4 rings (SSSR count). The van der Waals surface area contributed by atoms with Crippen LogP contribution < -0.4 is 4.90 Å². The van der Waals surface area contributed by atoms with E-state index in [1.165, 1.54) is 0 Å². The van der Waals surface area contributed by atoms with Gasteiger partial charge in [0.05, 0.1) is 10.7 Å². The molecule has 0 atom stereocenters. The van der Waals surface area contributed by atoms with Crippen LogP contribution in [0, 0.1) is 18.3 Å². The van der Waals surface area contributed by atoms with Crippen molar-refractivity contribution in [2.75, 3.05) is 31.1 Å². The maximum absolute atomic E-state index is 9.07.